The van der Waals surface area contributed by atoms with E-state index < -0.39 is 0 Å². The molecule has 0 bridgehead atoms. The van der Waals surface area contributed by atoms with Gasteiger partial charge in [0.25, 0.3) is 5.91 Å². The molecule has 0 radical (unpaired) electrons. The lowest BCUT2D eigenvalue weighted by Crippen LogP contribution is -2.31. The molecular weight excluding hydrogens is 248 g/mol. The van der Waals surface area contributed by atoms with Gasteiger partial charge < -0.3 is 10.6 Å². The van der Waals surface area contributed by atoms with E-state index in [1.807, 2.05) is 12.1 Å². The normalized spacial score (nSPS) is 16.1. The molecule has 0 heterocycles. The maximum Gasteiger partial charge on any atom is 0.251 e. The number of carbonyl (C=O) groups excluding carboxylic acids is 1. The first kappa shape index (κ1) is 15.0. The number of nitrogens with one attached hydrogen (secondary N) is 2. The summed E-state index contributed by atoms with van der Waals surface area (Å²) in [6, 6.07) is 8.20. The van der Waals surface area contributed by atoms with E-state index >= 15 is 0 Å². The molecule has 1 aromatic rings. The van der Waals surface area contributed by atoms with Crippen molar-refractivity contribution in [2.24, 2.45) is 0 Å². The highest BCUT2D eigenvalue weighted by molar-refractivity contribution is 5.94. The van der Waals surface area contributed by atoms with E-state index in [2.05, 4.69) is 29.7 Å². The molecule has 1 amide bonds. The molecule has 2 N–H and O–H groups in total. The molecule has 0 spiro atoms. The Morgan fingerprint density at radius 1 is 1.10 bits per heavy atom. The molecule has 20 heavy (non-hydrogen) atoms. The summed E-state index contributed by atoms with van der Waals surface area (Å²) < 4.78 is 0. The van der Waals surface area contributed by atoms with Crippen molar-refractivity contribution in [3.05, 3.63) is 35.4 Å². The number of rotatable bonds is 6. The maximum absolute atomic E-state index is 12.0. The summed E-state index contributed by atoms with van der Waals surface area (Å²) in [5.74, 6) is 0.729. The van der Waals surface area contributed by atoms with E-state index in [0.717, 1.165) is 18.7 Å². The molecule has 1 fully saturated rings. The second-order valence-electron chi connectivity index (χ2n) is 5.57. The van der Waals surface area contributed by atoms with E-state index in [-0.39, 0.29) is 5.91 Å². The zero-order chi connectivity index (χ0) is 14.2. The highest BCUT2D eigenvalue weighted by atomic mass is 16.1. The predicted molar refractivity (Wildman–Crippen MR) is 83.1 cm³/mol. The van der Waals surface area contributed by atoms with E-state index in [9.17, 15) is 4.79 Å². The van der Waals surface area contributed by atoms with Gasteiger partial charge in [-0.15, -0.1) is 0 Å². The molecule has 0 unspecified atom stereocenters. The zero-order valence-corrected chi connectivity index (χ0v) is 12.5. The van der Waals surface area contributed by atoms with Gasteiger partial charge >= 0.3 is 0 Å². The van der Waals surface area contributed by atoms with Crippen LogP contribution in [-0.2, 0) is 0 Å². The molecule has 3 heteroatoms. The fourth-order valence-electron chi connectivity index (χ4n) is 2.89. The summed E-state index contributed by atoms with van der Waals surface area (Å²) in [7, 11) is 0. The summed E-state index contributed by atoms with van der Waals surface area (Å²) in [5, 5.41) is 6.12. The first-order chi connectivity index (χ1) is 9.81. The molecule has 1 saturated carbocycles. The molecule has 3 nitrogen and oxygen atoms in total. The number of benzene rings is 1. The van der Waals surface area contributed by atoms with Crippen LogP contribution in [0.2, 0.25) is 0 Å². The maximum atomic E-state index is 12.0. The average molecular weight is 274 g/mol. The topological polar surface area (TPSA) is 41.1 Å². The van der Waals surface area contributed by atoms with Crippen LogP contribution in [0.4, 0.5) is 0 Å². The molecule has 1 aromatic carbocycles. The lowest BCUT2D eigenvalue weighted by molar-refractivity contribution is 0.0954. The van der Waals surface area contributed by atoms with Crippen molar-refractivity contribution < 1.29 is 4.79 Å². The Bertz CT molecular complexity index is 408. The monoisotopic (exact) mass is 274 g/mol. The summed E-state index contributed by atoms with van der Waals surface area (Å²) >= 11 is 0. The summed E-state index contributed by atoms with van der Waals surface area (Å²) in [6.07, 6.45) is 6.67. The van der Waals surface area contributed by atoms with Crippen molar-refractivity contribution in [3.8, 4) is 0 Å². The van der Waals surface area contributed by atoms with Crippen molar-refractivity contribution in [2.75, 3.05) is 19.6 Å². The molecule has 2 rings (SSSR count). The molecule has 1 aliphatic rings. The van der Waals surface area contributed by atoms with Crippen LogP contribution < -0.4 is 10.6 Å². The molecule has 110 valence electrons. The minimum Gasteiger partial charge on any atom is -0.351 e. The van der Waals surface area contributed by atoms with Crippen LogP contribution in [0, 0.1) is 0 Å². The van der Waals surface area contributed by atoms with Gasteiger partial charge in [0.1, 0.15) is 0 Å². The number of carbonyl (C=O) groups is 1. The minimum atomic E-state index is 0.0260. The fraction of sp³-hybridized carbons (Fsp3) is 0.588. The third-order valence-corrected chi connectivity index (χ3v) is 4.09. The van der Waals surface area contributed by atoms with Crippen LogP contribution in [0.25, 0.3) is 0 Å². The van der Waals surface area contributed by atoms with Crippen molar-refractivity contribution in [2.45, 2.75) is 44.9 Å². The summed E-state index contributed by atoms with van der Waals surface area (Å²) in [4.78, 5) is 12.0. The molecule has 1 aliphatic carbocycles. The quantitative estimate of drug-likeness (QED) is 0.783. The van der Waals surface area contributed by atoms with E-state index in [4.69, 9.17) is 0 Å². The van der Waals surface area contributed by atoms with Crippen LogP contribution in [-0.4, -0.2) is 25.5 Å². The van der Waals surface area contributed by atoms with Crippen LogP contribution in [0.3, 0.4) is 0 Å². The van der Waals surface area contributed by atoms with E-state index in [1.165, 1.54) is 37.7 Å². The fourth-order valence-corrected chi connectivity index (χ4v) is 2.89. The number of hydrogen-bond donors (Lipinski definition) is 2. The Morgan fingerprint density at radius 3 is 2.45 bits per heavy atom. The van der Waals surface area contributed by atoms with Gasteiger partial charge in [-0.3, -0.25) is 4.79 Å². The third-order valence-electron chi connectivity index (χ3n) is 4.09. The zero-order valence-electron chi connectivity index (χ0n) is 12.5. The van der Waals surface area contributed by atoms with Crippen LogP contribution in [0.5, 0.6) is 0 Å². The summed E-state index contributed by atoms with van der Waals surface area (Å²) in [6.45, 7) is 4.50. The SMILES string of the molecule is CCNCCNC(=O)c1ccc(C2CCCCC2)cc1. The highest BCUT2D eigenvalue weighted by Gasteiger charge is 2.15. The van der Waals surface area contributed by atoms with Gasteiger partial charge in [0.2, 0.25) is 0 Å². The largest absolute Gasteiger partial charge is 0.351 e. The van der Waals surface area contributed by atoms with Crippen molar-refractivity contribution in [1.29, 1.82) is 0 Å². The van der Waals surface area contributed by atoms with Gasteiger partial charge in [-0.25, -0.2) is 0 Å². The van der Waals surface area contributed by atoms with E-state index in [0.29, 0.717) is 12.5 Å². The molecular formula is C17H26N2O. The lowest BCUT2D eigenvalue weighted by Gasteiger charge is -2.22. The molecule has 0 aromatic heterocycles. The Kier molecular flexibility index (Phi) is 6.06. The molecule has 0 atom stereocenters. The Balaban J connectivity index is 1.85. The van der Waals surface area contributed by atoms with E-state index in [1.54, 1.807) is 0 Å². The second kappa shape index (κ2) is 8.05. The minimum absolute atomic E-state index is 0.0260. The summed E-state index contributed by atoms with van der Waals surface area (Å²) in [5.41, 5.74) is 2.16. The average Bonchev–Trinajstić information content (AvgIpc) is 2.52. The number of likely N-dealkylation sites (N-methyl/N-ethyl adjacent to an activating group) is 1. The Labute approximate surface area is 122 Å². The standard InChI is InChI=1S/C17H26N2O/c1-2-18-12-13-19-17(20)16-10-8-15(9-11-16)14-6-4-3-5-7-14/h8-11,14,18H,2-7,12-13H2,1H3,(H,19,20). The third kappa shape index (κ3) is 4.34. The van der Waals surface area contributed by atoms with Gasteiger partial charge in [-0.05, 0) is 43.0 Å². The van der Waals surface area contributed by atoms with Crippen LogP contribution >= 0.6 is 0 Å². The Hall–Kier alpha value is -1.35. The smallest absolute Gasteiger partial charge is 0.251 e. The van der Waals surface area contributed by atoms with Crippen LogP contribution in [0.1, 0.15) is 60.9 Å². The van der Waals surface area contributed by atoms with Gasteiger partial charge in [-0.2, -0.15) is 0 Å². The van der Waals surface area contributed by atoms with Crippen molar-refractivity contribution in [1.82, 2.24) is 10.6 Å². The predicted octanol–water partition coefficient (Wildman–Crippen LogP) is 3.07. The number of hydrogen-bond acceptors (Lipinski definition) is 2. The van der Waals surface area contributed by atoms with Crippen molar-refractivity contribution in [3.63, 3.8) is 0 Å². The lowest BCUT2D eigenvalue weighted by atomic mass is 9.84. The van der Waals surface area contributed by atoms with Gasteiger partial charge in [0.05, 0.1) is 0 Å². The van der Waals surface area contributed by atoms with Crippen LogP contribution in [0.15, 0.2) is 24.3 Å². The molecule has 0 saturated heterocycles. The second-order valence-corrected chi connectivity index (χ2v) is 5.57. The number of amides is 1. The Morgan fingerprint density at radius 2 is 1.80 bits per heavy atom. The van der Waals surface area contributed by atoms with Crippen molar-refractivity contribution >= 4 is 5.91 Å². The van der Waals surface area contributed by atoms with Gasteiger partial charge in [0.15, 0.2) is 0 Å². The first-order valence-corrected chi connectivity index (χ1v) is 7.90. The molecule has 0 aliphatic heterocycles. The first-order valence-electron chi connectivity index (χ1n) is 7.90. The highest BCUT2D eigenvalue weighted by Crippen LogP contribution is 2.32. The van der Waals surface area contributed by atoms with Gasteiger partial charge in [0, 0.05) is 18.7 Å². The van der Waals surface area contributed by atoms with Gasteiger partial charge in [-0.1, -0.05) is 38.3 Å².